The topological polar surface area (TPSA) is 46.3 Å². The van der Waals surface area contributed by atoms with Crippen molar-refractivity contribution < 1.29 is 13.6 Å². The van der Waals surface area contributed by atoms with Gasteiger partial charge < -0.3 is 10.6 Å². The lowest BCUT2D eigenvalue weighted by molar-refractivity contribution is 0.0451. The lowest BCUT2D eigenvalue weighted by Crippen LogP contribution is -2.49. The van der Waals surface area contributed by atoms with Crippen molar-refractivity contribution in [2.24, 2.45) is 11.8 Å². The minimum absolute atomic E-state index is 0.0318. The Morgan fingerprint density at radius 1 is 1.25 bits per heavy atom. The van der Waals surface area contributed by atoms with E-state index in [0.717, 1.165) is 12.5 Å². The van der Waals surface area contributed by atoms with Crippen LogP contribution in [0.3, 0.4) is 0 Å². The number of amides is 1. The van der Waals surface area contributed by atoms with Crippen LogP contribution in [0.4, 0.5) is 14.5 Å². The number of nitrogens with two attached hydrogens (primary N) is 1. The van der Waals surface area contributed by atoms with Crippen LogP contribution in [0.15, 0.2) is 12.1 Å². The molecule has 1 aromatic rings. The van der Waals surface area contributed by atoms with Gasteiger partial charge in [-0.2, -0.15) is 0 Å². The first-order valence-corrected chi connectivity index (χ1v) is 6.86. The van der Waals surface area contributed by atoms with Crippen LogP contribution < -0.4 is 5.73 Å². The Labute approximate surface area is 117 Å². The van der Waals surface area contributed by atoms with E-state index in [2.05, 4.69) is 13.8 Å². The van der Waals surface area contributed by atoms with Gasteiger partial charge in [0, 0.05) is 18.7 Å². The summed E-state index contributed by atoms with van der Waals surface area (Å²) in [6.45, 7) is 6.69. The van der Waals surface area contributed by atoms with Crippen molar-refractivity contribution in [1.82, 2.24) is 4.90 Å². The second kappa shape index (κ2) is 5.38. The van der Waals surface area contributed by atoms with Crippen molar-refractivity contribution in [3.05, 3.63) is 29.3 Å². The standard InChI is InChI=1S/C15H20F2N2O/c1-8-4-9(2)10(3)19(7-8)15(20)11-5-14(18)13(17)6-12(11)16/h5-6,8-10H,4,7,18H2,1-3H3. The molecule has 3 unspecified atom stereocenters. The van der Waals surface area contributed by atoms with Crippen molar-refractivity contribution in [1.29, 1.82) is 0 Å². The SMILES string of the molecule is CC1CC(C)C(C)N(C(=O)c2cc(N)c(F)cc2F)C1. The molecule has 0 saturated carbocycles. The molecule has 20 heavy (non-hydrogen) atoms. The molecule has 0 spiro atoms. The first kappa shape index (κ1) is 14.8. The number of carbonyl (C=O) groups is 1. The second-order valence-corrected chi connectivity index (χ2v) is 5.87. The molecule has 1 saturated heterocycles. The molecule has 1 aliphatic rings. The molecule has 1 aromatic carbocycles. The van der Waals surface area contributed by atoms with E-state index in [-0.39, 0.29) is 17.3 Å². The highest BCUT2D eigenvalue weighted by Crippen LogP contribution is 2.29. The summed E-state index contributed by atoms with van der Waals surface area (Å²) >= 11 is 0. The van der Waals surface area contributed by atoms with Gasteiger partial charge in [-0.3, -0.25) is 4.79 Å². The van der Waals surface area contributed by atoms with E-state index in [1.807, 2.05) is 6.92 Å². The molecule has 0 aliphatic carbocycles. The van der Waals surface area contributed by atoms with Crippen molar-refractivity contribution >= 4 is 11.6 Å². The van der Waals surface area contributed by atoms with Crippen molar-refractivity contribution in [3.8, 4) is 0 Å². The van der Waals surface area contributed by atoms with Crippen LogP contribution in [0, 0.1) is 23.5 Å². The molecule has 2 rings (SSSR count). The Kier molecular flexibility index (Phi) is 3.97. The van der Waals surface area contributed by atoms with Crippen LogP contribution in [-0.2, 0) is 0 Å². The zero-order valence-corrected chi connectivity index (χ0v) is 12.0. The molecule has 0 radical (unpaired) electrons. The van der Waals surface area contributed by atoms with Gasteiger partial charge in [-0.05, 0) is 31.2 Å². The van der Waals surface area contributed by atoms with Gasteiger partial charge in [-0.1, -0.05) is 13.8 Å². The van der Waals surface area contributed by atoms with Gasteiger partial charge in [-0.25, -0.2) is 8.78 Å². The van der Waals surface area contributed by atoms with Crippen molar-refractivity contribution in [2.75, 3.05) is 12.3 Å². The number of anilines is 1. The largest absolute Gasteiger partial charge is 0.396 e. The maximum atomic E-state index is 13.8. The zero-order chi connectivity index (χ0) is 15.0. The Balaban J connectivity index is 2.33. The van der Waals surface area contributed by atoms with Crippen LogP contribution in [0.1, 0.15) is 37.6 Å². The summed E-state index contributed by atoms with van der Waals surface area (Å²) < 4.78 is 27.0. The van der Waals surface area contributed by atoms with Gasteiger partial charge in [0.1, 0.15) is 11.6 Å². The second-order valence-electron chi connectivity index (χ2n) is 5.87. The molecule has 3 nitrogen and oxygen atoms in total. The van der Waals surface area contributed by atoms with Crippen LogP contribution in [0.25, 0.3) is 0 Å². The third-order valence-corrected chi connectivity index (χ3v) is 4.18. The Bertz CT molecular complexity index is 533. The lowest BCUT2D eigenvalue weighted by Gasteiger charge is -2.41. The number of halogens is 2. The van der Waals surface area contributed by atoms with Gasteiger partial charge in [0.15, 0.2) is 0 Å². The number of likely N-dealkylation sites (tertiary alicyclic amines) is 1. The molecule has 1 aliphatic heterocycles. The van der Waals surface area contributed by atoms with Gasteiger partial charge in [0.2, 0.25) is 0 Å². The number of hydrogen-bond acceptors (Lipinski definition) is 2. The van der Waals surface area contributed by atoms with E-state index in [1.54, 1.807) is 4.90 Å². The molecule has 1 fully saturated rings. The molecule has 3 atom stereocenters. The van der Waals surface area contributed by atoms with Crippen LogP contribution in [-0.4, -0.2) is 23.4 Å². The molecule has 5 heteroatoms. The van der Waals surface area contributed by atoms with E-state index < -0.39 is 17.5 Å². The fraction of sp³-hybridized carbons (Fsp3) is 0.533. The highest BCUT2D eigenvalue weighted by Gasteiger charge is 2.33. The first-order chi connectivity index (χ1) is 9.31. The summed E-state index contributed by atoms with van der Waals surface area (Å²) in [5.41, 5.74) is 5.07. The number of hydrogen-bond donors (Lipinski definition) is 1. The summed E-state index contributed by atoms with van der Waals surface area (Å²) in [5.74, 6) is -1.40. The van der Waals surface area contributed by atoms with Crippen LogP contribution in [0.5, 0.6) is 0 Å². The summed E-state index contributed by atoms with van der Waals surface area (Å²) in [6, 6.07) is 1.79. The molecule has 0 bridgehead atoms. The minimum atomic E-state index is -0.861. The molecule has 110 valence electrons. The normalized spacial score (nSPS) is 26.6. The van der Waals surface area contributed by atoms with Crippen molar-refractivity contribution in [2.45, 2.75) is 33.2 Å². The van der Waals surface area contributed by atoms with Gasteiger partial charge in [0.25, 0.3) is 5.91 Å². The summed E-state index contributed by atoms with van der Waals surface area (Å²) in [6.07, 6.45) is 1.04. The number of rotatable bonds is 1. The molecule has 2 N–H and O–H groups in total. The molecular formula is C15H20F2N2O. The summed E-state index contributed by atoms with van der Waals surface area (Å²) in [4.78, 5) is 14.2. The first-order valence-electron chi connectivity index (χ1n) is 6.86. The summed E-state index contributed by atoms with van der Waals surface area (Å²) in [5, 5.41) is 0. The van der Waals surface area contributed by atoms with E-state index in [0.29, 0.717) is 24.4 Å². The Hall–Kier alpha value is -1.65. The predicted octanol–water partition coefficient (Wildman–Crippen LogP) is 3.05. The smallest absolute Gasteiger partial charge is 0.257 e. The molecule has 0 aromatic heterocycles. The monoisotopic (exact) mass is 282 g/mol. The van der Waals surface area contributed by atoms with Crippen molar-refractivity contribution in [3.63, 3.8) is 0 Å². The fourth-order valence-corrected chi connectivity index (χ4v) is 2.87. The fourth-order valence-electron chi connectivity index (χ4n) is 2.87. The molecule has 1 heterocycles. The average Bonchev–Trinajstić information content (AvgIpc) is 2.37. The third-order valence-electron chi connectivity index (χ3n) is 4.18. The molecular weight excluding hydrogens is 262 g/mol. The predicted molar refractivity (Wildman–Crippen MR) is 74.2 cm³/mol. The number of piperidine rings is 1. The lowest BCUT2D eigenvalue weighted by atomic mass is 9.85. The van der Waals surface area contributed by atoms with Crippen LogP contribution >= 0.6 is 0 Å². The van der Waals surface area contributed by atoms with Gasteiger partial charge >= 0.3 is 0 Å². The third kappa shape index (κ3) is 2.62. The zero-order valence-electron chi connectivity index (χ0n) is 12.0. The van der Waals surface area contributed by atoms with Gasteiger partial charge in [0.05, 0.1) is 11.3 Å². The number of carbonyl (C=O) groups excluding carboxylic acids is 1. The minimum Gasteiger partial charge on any atom is -0.396 e. The maximum Gasteiger partial charge on any atom is 0.257 e. The highest BCUT2D eigenvalue weighted by atomic mass is 19.1. The van der Waals surface area contributed by atoms with Crippen LogP contribution in [0.2, 0.25) is 0 Å². The highest BCUT2D eigenvalue weighted by molar-refractivity contribution is 5.95. The average molecular weight is 282 g/mol. The van der Waals surface area contributed by atoms with E-state index >= 15 is 0 Å². The quantitative estimate of drug-likeness (QED) is 0.805. The number of benzene rings is 1. The van der Waals surface area contributed by atoms with E-state index in [9.17, 15) is 13.6 Å². The summed E-state index contributed by atoms with van der Waals surface area (Å²) in [7, 11) is 0. The number of nitrogen functional groups attached to an aromatic ring is 1. The van der Waals surface area contributed by atoms with Gasteiger partial charge in [-0.15, -0.1) is 0 Å². The number of nitrogens with zero attached hydrogens (tertiary/aromatic N) is 1. The Morgan fingerprint density at radius 3 is 2.55 bits per heavy atom. The van der Waals surface area contributed by atoms with E-state index in [4.69, 9.17) is 5.73 Å². The van der Waals surface area contributed by atoms with E-state index in [1.165, 1.54) is 0 Å². The molecule has 1 amide bonds. The Morgan fingerprint density at radius 2 is 1.90 bits per heavy atom. The maximum absolute atomic E-state index is 13.8.